The summed E-state index contributed by atoms with van der Waals surface area (Å²) in [6, 6.07) is 65.1. The van der Waals surface area contributed by atoms with Crippen molar-refractivity contribution in [3.05, 3.63) is 205 Å². The fraction of sp³-hybridized carbons (Fsp3) is 0.0417. The standard InChI is InChI=1S/C48H40N2/c1-3-14-37-16-11-18-41(34-37)39-26-30-45(31-27-39)49(43-20-7-5-8-21-43)47-24-13-25-48(36-47)50(44-22-9-6-10-23-44)46-32-28-40(29-33-46)42-19-12-17-38(35-42)15-4-2/h3-36H,1-2H3/b14-3+,15-4+. The number of rotatable bonds is 10. The van der Waals surface area contributed by atoms with Gasteiger partial charge in [-0.3, -0.25) is 0 Å². The summed E-state index contributed by atoms with van der Waals surface area (Å²) < 4.78 is 0. The Morgan fingerprint density at radius 1 is 0.300 bits per heavy atom. The lowest BCUT2D eigenvalue weighted by atomic mass is 10.0. The second-order valence-corrected chi connectivity index (χ2v) is 12.2. The van der Waals surface area contributed by atoms with Crippen LogP contribution in [0.15, 0.2) is 194 Å². The van der Waals surface area contributed by atoms with E-state index < -0.39 is 0 Å². The SMILES string of the molecule is C/C=C/c1cccc(-c2ccc(N(c3ccccc3)c3cccc(N(c4ccccc4)c4ccc(-c5cccc(/C=C/C)c5)cc4)c3)cc2)c1. The van der Waals surface area contributed by atoms with Gasteiger partial charge in [0.15, 0.2) is 0 Å². The van der Waals surface area contributed by atoms with Crippen molar-refractivity contribution in [3.8, 4) is 22.3 Å². The third kappa shape index (κ3) is 7.21. The molecule has 0 bridgehead atoms. The van der Waals surface area contributed by atoms with E-state index in [1.807, 2.05) is 0 Å². The van der Waals surface area contributed by atoms with Crippen molar-refractivity contribution in [2.24, 2.45) is 0 Å². The van der Waals surface area contributed by atoms with Gasteiger partial charge in [0.25, 0.3) is 0 Å². The summed E-state index contributed by atoms with van der Waals surface area (Å²) in [5.41, 5.74) is 13.7. The molecule has 0 aliphatic carbocycles. The highest BCUT2D eigenvalue weighted by Crippen LogP contribution is 2.41. The molecule has 0 amide bonds. The molecule has 0 saturated heterocycles. The zero-order chi connectivity index (χ0) is 34.1. The first-order valence-corrected chi connectivity index (χ1v) is 17.2. The molecule has 0 aromatic heterocycles. The highest BCUT2D eigenvalue weighted by atomic mass is 15.2. The van der Waals surface area contributed by atoms with E-state index in [0.29, 0.717) is 0 Å². The third-order valence-electron chi connectivity index (χ3n) is 8.78. The van der Waals surface area contributed by atoms with Gasteiger partial charge in [-0.05, 0) is 126 Å². The molecule has 0 radical (unpaired) electrons. The largest absolute Gasteiger partial charge is 0.310 e. The summed E-state index contributed by atoms with van der Waals surface area (Å²) in [4.78, 5) is 4.65. The average Bonchev–Trinajstić information content (AvgIpc) is 3.17. The number of para-hydroxylation sites is 2. The van der Waals surface area contributed by atoms with Crippen LogP contribution in [-0.2, 0) is 0 Å². The average molecular weight is 645 g/mol. The van der Waals surface area contributed by atoms with Crippen molar-refractivity contribution in [2.45, 2.75) is 13.8 Å². The van der Waals surface area contributed by atoms with Crippen LogP contribution in [0.3, 0.4) is 0 Å². The van der Waals surface area contributed by atoms with Crippen molar-refractivity contribution in [3.63, 3.8) is 0 Å². The first-order valence-electron chi connectivity index (χ1n) is 17.2. The Labute approximate surface area is 296 Å². The van der Waals surface area contributed by atoms with E-state index in [2.05, 4.69) is 230 Å². The zero-order valence-corrected chi connectivity index (χ0v) is 28.5. The lowest BCUT2D eigenvalue weighted by Gasteiger charge is -2.29. The van der Waals surface area contributed by atoms with Gasteiger partial charge in [0.2, 0.25) is 0 Å². The van der Waals surface area contributed by atoms with Crippen LogP contribution in [0.1, 0.15) is 25.0 Å². The quantitative estimate of drug-likeness (QED) is 0.146. The Bertz CT molecular complexity index is 2060. The van der Waals surface area contributed by atoms with Gasteiger partial charge >= 0.3 is 0 Å². The third-order valence-corrected chi connectivity index (χ3v) is 8.78. The lowest BCUT2D eigenvalue weighted by Crippen LogP contribution is -2.13. The topological polar surface area (TPSA) is 6.48 Å². The van der Waals surface area contributed by atoms with Gasteiger partial charge in [0.05, 0.1) is 0 Å². The molecule has 0 N–H and O–H groups in total. The van der Waals surface area contributed by atoms with Crippen LogP contribution in [-0.4, -0.2) is 0 Å². The van der Waals surface area contributed by atoms with Crippen LogP contribution in [0, 0.1) is 0 Å². The van der Waals surface area contributed by atoms with Gasteiger partial charge in [-0.15, -0.1) is 0 Å². The monoisotopic (exact) mass is 644 g/mol. The minimum absolute atomic E-state index is 1.08. The number of nitrogens with zero attached hydrogens (tertiary/aromatic N) is 2. The Kier molecular flexibility index (Phi) is 9.80. The van der Waals surface area contributed by atoms with Gasteiger partial charge in [-0.25, -0.2) is 0 Å². The maximum absolute atomic E-state index is 2.33. The van der Waals surface area contributed by atoms with E-state index >= 15 is 0 Å². The second kappa shape index (κ2) is 15.2. The molecule has 0 spiro atoms. The van der Waals surface area contributed by atoms with Crippen LogP contribution in [0.4, 0.5) is 34.1 Å². The molecule has 7 aromatic carbocycles. The van der Waals surface area contributed by atoms with Crippen molar-refractivity contribution in [1.29, 1.82) is 0 Å². The van der Waals surface area contributed by atoms with Gasteiger partial charge in [-0.2, -0.15) is 0 Å². The number of allylic oxidation sites excluding steroid dienone is 2. The number of benzene rings is 7. The Hall–Kier alpha value is -6.38. The maximum Gasteiger partial charge on any atom is 0.0482 e. The van der Waals surface area contributed by atoms with E-state index in [-0.39, 0.29) is 0 Å². The second-order valence-electron chi connectivity index (χ2n) is 12.2. The normalized spacial score (nSPS) is 11.2. The molecular formula is C48H40N2. The highest BCUT2D eigenvalue weighted by Gasteiger charge is 2.17. The molecule has 50 heavy (non-hydrogen) atoms. The number of anilines is 6. The predicted molar refractivity (Wildman–Crippen MR) is 216 cm³/mol. The van der Waals surface area contributed by atoms with Crippen LogP contribution < -0.4 is 9.80 Å². The predicted octanol–water partition coefficient (Wildman–Crippen LogP) is 14.0. The Morgan fingerprint density at radius 2 is 0.660 bits per heavy atom. The fourth-order valence-corrected chi connectivity index (χ4v) is 6.45. The van der Waals surface area contributed by atoms with Gasteiger partial charge < -0.3 is 9.80 Å². The van der Waals surface area contributed by atoms with Gasteiger partial charge in [0.1, 0.15) is 0 Å². The van der Waals surface area contributed by atoms with E-state index in [1.54, 1.807) is 0 Å². The molecule has 0 aliphatic rings. The molecule has 242 valence electrons. The summed E-state index contributed by atoms with van der Waals surface area (Å²) in [5.74, 6) is 0. The Balaban J connectivity index is 1.27. The Morgan fingerprint density at radius 3 is 1.06 bits per heavy atom. The van der Waals surface area contributed by atoms with E-state index in [0.717, 1.165) is 34.1 Å². The van der Waals surface area contributed by atoms with Crippen molar-refractivity contribution >= 4 is 46.3 Å². The van der Waals surface area contributed by atoms with Gasteiger partial charge in [-0.1, -0.05) is 127 Å². The summed E-state index contributed by atoms with van der Waals surface area (Å²) in [5, 5.41) is 0. The fourth-order valence-electron chi connectivity index (χ4n) is 6.45. The summed E-state index contributed by atoms with van der Waals surface area (Å²) in [6.07, 6.45) is 8.43. The minimum atomic E-state index is 1.08. The van der Waals surface area contributed by atoms with E-state index in [4.69, 9.17) is 0 Å². The van der Waals surface area contributed by atoms with Crippen molar-refractivity contribution in [2.75, 3.05) is 9.80 Å². The van der Waals surface area contributed by atoms with Crippen LogP contribution >= 0.6 is 0 Å². The van der Waals surface area contributed by atoms with Crippen molar-refractivity contribution in [1.82, 2.24) is 0 Å². The minimum Gasteiger partial charge on any atom is -0.310 e. The van der Waals surface area contributed by atoms with Crippen LogP contribution in [0.25, 0.3) is 34.4 Å². The molecule has 2 nitrogen and oxygen atoms in total. The molecular weight excluding hydrogens is 605 g/mol. The maximum atomic E-state index is 2.33. The zero-order valence-electron chi connectivity index (χ0n) is 28.5. The molecule has 0 aliphatic heterocycles. The van der Waals surface area contributed by atoms with Crippen LogP contribution in [0.2, 0.25) is 0 Å². The molecule has 0 saturated carbocycles. The molecule has 0 unspecified atom stereocenters. The van der Waals surface area contributed by atoms with E-state index in [9.17, 15) is 0 Å². The molecule has 0 fully saturated rings. The summed E-state index contributed by atoms with van der Waals surface area (Å²) in [6.45, 7) is 4.10. The molecule has 7 aromatic rings. The molecule has 0 atom stereocenters. The molecule has 0 heterocycles. The molecule has 7 rings (SSSR count). The number of hydrogen-bond acceptors (Lipinski definition) is 2. The first kappa shape index (κ1) is 32.2. The van der Waals surface area contributed by atoms with Gasteiger partial charge in [0, 0.05) is 34.1 Å². The summed E-state index contributed by atoms with van der Waals surface area (Å²) >= 11 is 0. The smallest absolute Gasteiger partial charge is 0.0482 e. The van der Waals surface area contributed by atoms with Crippen molar-refractivity contribution < 1.29 is 0 Å². The van der Waals surface area contributed by atoms with E-state index in [1.165, 1.54) is 33.4 Å². The molecule has 2 heteroatoms. The highest BCUT2D eigenvalue weighted by molar-refractivity contribution is 5.84. The lowest BCUT2D eigenvalue weighted by molar-refractivity contribution is 1.25. The first-order chi connectivity index (χ1) is 24.7. The van der Waals surface area contributed by atoms with Crippen LogP contribution in [0.5, 0.6) is 0 Å². The summed E-state index contributed by atoms with van der Waals surface area (Å²) in [7, 11) is 0. The number of hydrogen-bond donors (Lipinski definition) is 0.